The first-order chi connectivity index (χ1) is 8.49. The molecule has 0 atom stereocenters. The van der Waals surface area contributed by atoms with Crippen LogP contribution in [-0.4, -0.2) is 19.4 Å². The van der Waals surface area contributed by atoms with Crippen LogP contribution in [0.4, 0.5) is 13.2 Å². The Bertz CT molecular complexity index is 537. The number of sulfonamides is 1. The van der Waals surface area contributed by atoms with Crippen LogP contribution in [0.3, 0.4) is 0 Å². The van der Waals surface area contributed by atoms with E-state index in [1.807, 2.05) is 0 Å². The Balaban J connectivity index is 3.06. The van der Waals surface area contributed by atoms with E-state index in [1.54, 1.807) is 13.8 Å². The van der Waals surface area contributed by atoms with Crippen molar-refractivity contribution < 1.29 is 21.6 Å². The summed E-state index contributed by atoms with van der Waals surface area (Å²) in [6, 6.07) is 0.00451. The number of nitrogens with one attached hydrogen (secondary N) is 1. The quantitative estimate of drug-likeness (QED) is 0.861. The summed E-state index contributed by atoms with van der Waals surface area (Å²) in [5.74, 6) is -0.692. The summed E-state index contributed by atoms with van der Waals surface area (Å²) >= 11 is 0.702. The van der Waals surface area contributed by atoms with Crippen LogP contribution < -0.4 is 10.5 Å². The zero-order valence-electron chi connectivity index (χ0n) is 10.3. The highest BCUT2D eigenvalue weighted by atomic mass is 32.2. The SMILES string of the molecule is CC(C)NCc1sc(CS(N)(=O)=O)nc1C(F)(F)F. The third kappa shape index (κ3) is 5.43. The molecule has 0 spiro atoms. The van der Waals surface area contributed by atoms with E-state index in [1.165, 1.54) is 0 Å². The lowest BCUT2D eigenvalue weighted by Crippen LogP contribution is -2.23. The molecule has 3 N–H and O–H groups in total. The van der Waals surface area contributed by atoms with Gasteiger partial charge in [0.1, 0.15) is 10.8 Å². The first kappa shape index (κ1) is 16.3. The van der Waals surface area contributed by atoms with Gasteiger partial charge >= 0.3 is 6.18 Å². The number of thiazole rings is 1. The molecule has 1 aromatic rings. The molecule has 0 radical (unpaired) electrons. The second kappa shape index (κ2) is 5.73. The van der Waals surface area contributed by atoms with E-state index < -0.39 is 27.6 Å². The molecule has 0 saturated carbocycles. The highest BCUT2D eigenvalue weighted by molar-refractivity contribution is 7.88. The Kier molecular flexibility index (Phi) is 4.93. The highest BCUT2D eigenvalue weighted by Crippen LogP contribution is 2.34. The molecule has 19 heavy (non-hydrogen) atoms. The van der Waals surface area contributed by atoms with Gasteiger partial charge in [-0.05, 0) is 0 Å². The normalized spacial score (nSPS) is 13.2. The second-order valence-corrected chi connectivity index (χ2v) is 7.00. The second-order valence-electron chi connectivity index (χ2n) is 4.22. The Hall–Kier alpha value is -0.710. The standard InChI is InChI=1S/C9H14F3N3O2S2/c1-5(2)14-3-6-8(9(10,11)12)15-7(18-6)4-19(13,16)17/h5,14H,3-4H2,1-2H3,(H2,13,16,17). The Morgan fingerprint density at radius 1 is 1.42 bits per heavy atom. The van der Waals surface area contributed by atoms with E-state index in [9.17, 15) is 21.6 Å². The zero-order chi connectivity index (χ0) is 14.8. The first-order valence-electron chi connectivity index (χ1n) is 5.28. The molecule has 5 nitrogen and oxygen atoms in total. The van der Waals surface area contributed by atoms with Crippen LogP contribution in [0.2, 0.25) is 0 Å². The Morgan fingerprint density at radius 2 is 2.00 bits per heavy atom. The van der Waals surface area contributed by atoms with Crippen LogP contribution in [0.15, 0.2) is 0 Å². The average Bonchev–Trinajstić information content (AvgIpc) is 2.54. The molecule has 1 aromatic heterocycles. The van der Waals surface area contributed by atoms with Gasteiger partial charge in [-0.15, -0.1) is 11.3 Å². The summed E-state index contributed by atoms with van der Waals surface area (Å²) in [5, 5.41) is 7.48. The summed E-state index contributed by atoms with van der Waals surface area (Å²) in [4.78, 5) is 3.30. The summed E-state index contributed by atoms with van der Waals surface area (Å²) in [6.45, 7) is 3.56. The molecule has 0 unspecified atom stereocenters. The molecular formula is C9H14F3N3O2S2. The van der Waals surface area contributed by atoms with E-state index in [0.29, 0.717) is 11.3 Å². The Labute approximate surface area is 113 Å². The van der Waals surface area contributed by atoms with Gasteiger partial charge < -0.3 is 5.32 Å². The first-order valence-corrected chi connectivity index (χ1v) is 7.82. The lowest BCUT2D eigenvalue weighted by Gasteiger charge is -2.09. The van der Waals surface area contributed by atoms with Crippen molar-refractivity contribution in [3.8, 4) is 0 Å². The fourth-order valence-electron chi connectivity index (χ4n) is 1.27. The van der Waals surface area contributed by atoms with Crippen LogP contribution in [0.25, 0.3) is 0 Å². The maximum absolute atomic E-state index is 12.8. The number of hydrogen-bond donors (Lipinski definition) is 2. The third-order valence-electron chi connectivity index (χ3n) is 2.01. The minimum absolute atomic E-state index is 0.00451. The van der Waals surface area contributed by atoms with Gasteiger partial charge in [-0.3, -0.25) is 0 Å². The number of alkyl halides is 3. The number of halogens is 3. The monoisotopic (exact) mass is 317 g/mol. The van der Waals surface area contributed by atoms with Gasteiger partial charge in [0.15, 0.2) is 5.69 Å². The van der Waals surface area contributed by atoms with Crippen molar-refractivity contribution in [2.45, 2.75) is 38.4 Å². The Morgan fingerprint density at radius 3 is 2.42 bits per heavy atom. The number of nitrogens with zero attached hydrogens (tertiary/aromatic N) is 1. The van der Waals surface area contributed by atoms with E-state index in [4.69, 9.17) is 5.14 Å². The van der Waals surface area contributed by atoms with E-state index in [0.717, 1.165) is 0 Å². The maximum Gasteiger partial charge on any atom is 0.434 e. The predicted octanol–water partition coefficient (Wildman–Crippen LogP) is 1.45. The van der Waals surface area contributed by atoms with Crippen LogP contribution >= 0.6 is 11.3 Å². The zero-order valence-corrected chi connectivity index (χ0v) is 11.9. The molecule has 0 saturated heterocycles. The van der Waals surface area contributed by atoms with Crippen molar-refractivity contribution in [3.63, 3.8) is 0 Å². The van der Waals surface area contributed by atoms with Gasteiger partial charge in [-0.25, -0.2) is 18.5 Å². The molecule has 0 aromatic carbocycles. The molecular weight excluding hydrogens is 303 g/mol. The molecule has 0 aliphatic carbocycles. The van der Waals surface area contributed by atoms with Crippen LogP contribution in [0, 0.1) is 0 Å². The lowest BCUT2D eigenvalue weighted by atomic mass is 10.3. The molecule has 10 heteroatoms. The van der Waals surface area contributed by atoms with Gasteiger partial charge in [0, 0.05) is 12.6 Å². The number of hydrogen-bond acceptors (Lipinski definition) is 5. The minimum atomic E-state index is -4.61. The summed E-state index contributed by atoms with van der Waals surface area (Å²) in [6.07, 6.45) is -4.61. The fourth-order valence-corrected chi connectivity index (χ4v) is 3.24. The van der Waals surface area contributed by atoms with Crippen molar-refractivity contribution in [1.82, 2.24) is 10.3 Å². The van der Waals surface area contributed by atoms with Gasteiger partial charge in [0.25, 0.3) is 0 Å². The maximum atomic E-state index is 12.8. The largest absolute Gasteiger partial charge is 0.434 e. The molecule has 0 aliphatic rings. The van der Waals surface area contributed by atoms with Gasteiger partial charge in [-0.1, -0.05) is 13.8 Å². The minimum Gasteiger partial charge on any atom is -0.310 e. The van der Waals surface area contributed by atoms with E-state index in [2.05, 4.69) is 10.3 Å². The number of aromatic nitrogens is 1. The van der Waals surface area contributed by atoms with Crippen molar-refractivity contribution in [3.05, 3.63) is 15.6 Å². The average molecular weight is 317 g/mol. The summed E-state index contributed by atoms with van der Waals surface area (Å²) < 4.78 is 60.0. The van der Waals surface area contributed by atoms with Gasteiger partial charge in [-0.2, -0.15) is 13.2 Å². The summed E-state index contributed by atoms with van der Waals surface area (Å²) in [7, 11) is -3.90. The van der Waals surface area contributed by atoms with Crippen LogP contribution in [-0.2, 0) is 28.5 Å². The van der Waals surface area contributed by atoms with Crippen LogP contribution in [0.5, 0.6) is 0 Å². The lowest BCUT2D eigenvalue weighted by molar-refractivity contribution is -0.141. The summed E-state index contributed by atoms with van der Waals surface area (Å²) in [5.41, 5.74) is -1.05. The number of rotatable bonds is 5. The predicted molar refractivity (Wildman–Crippen MR) is 65.9 cm³/mol. The molecule has 110 valence electrons. The van der Waals surface area contributed by atoms with E-state index >= 15 is 0 Å². The van der Waals surface area contributed by atoms with Gasteiger partial charge in [0.2, 0.25) is 10.0 Å². The van der Waals surface area contributed by atoms with Crippen molar-refractivity contribution in [1.29, 1.82) is 0 Å². The number of nitrogens with two attached hydrogens (primary N) is 1. The van der Waals surface area contributed by atoms with Gasteiger partial charge in [0.05, 0.1) is 4.88 Å². The molecule has 0 bridgehead atoms. The van der Waals surface area contributed by atoms with Crippen molar-refractivity contribution in [2.24, 2.45) is 5.14 Å². The van der Waals surface area contributed by atoms with E-state index in [-0.39, 0.29) is 22.5 Å². The van der Waals surface area contributed by atoms with Crippen LogP contribution in [0.1, 0.15) is 29.4 Å². The molecule has 0 aliphatic heterocycles. The van der Waals surface area contributed by atoms with Crippen molar-refractivity contribution in [2.75, 3.05) is 0 Å². The third-order valence-corrected chi connectivity index (χ3v) is 3.92. The topological polar surface area (TPSA) is 85.1 Å². The highest BCUT2D eigenvalue weighted by Gasteiger charge is 2.37. The van der Waals surface area contributed by atoms with Crippen molar-refractivity contribution >= 4 is 21.4 Å². The number of primary sulfonamides is 1. The fraction of sp³-hybridized carbons (Fsp3) is 0.667. The molecule has 1 heterocycles. The smallest absolute Gasteiger partial charge is 0.310 e. The molecule has 0 fully saturated rings. The molecule has 0 amide bonds. The molecule has 1 rings (SSSR count).